The van der Waals surface area contributed by atoms with E-state index in [1.165, 1.54) is 38.4 Å². The van der Waals surface area contributed by atoms with E-state index < -0.39 is 0 Å². The van der Waals surface area contributed by atoms with Crippen LogP contribution in [0.5, 0.6) is 0 Å². The number of carbonyl (C=O) groups excluding carboxylic acids is 1. The van der Waals surface area contributed by atoms with E-state index in [0.29, 0.717) is 11.7 Å². The Hall–Kier alpha value is -1.65. The quantitative estimate of drug-likeness (QED) is 0.838. The molecule has 1 aromatic heterocycles. The highest BCUT2D eigenvalue weighted by Gasteiger charge is 2.18. The van der Waals surface area contributed by atoms with Crippen molar-refractivity contribution in [2.75, 3.05) is 18.4 Å². The van der Waals surface area contributed by atoms with Gasteiger partial charge in [0.1, 0.15) is 17.8 Å². The van der Waals surface area contributed by atoms with E-state index in [9.17, 15) is 4.79 Å². The van der Waals surface area contributed by atoms with Gasteiger partial charge in [0.05, 0.1) is 0 Å². The van der Waals surface area contributed by atoms with Crippen LogP contribution < -0.4 is 5.32 Å². The van der Waals surface area contributed by atoms with Crippen LogP contribution in [-0.4, -0.2) is 39.9 Å². The molecule has 5 nitrogen and oxygen atoms in total. The zero-order valence-corrected chi connectivity index (χ0v) is 13.8. The van der Waals surface area contributed by atoms with E-state index in [1.54, 1.807) is 6.07 Å². The van der Waals surface area contributed by atoms with E-state index >= 15 is 0 Å². The predicted molar refractivity (Wildman–Crippen MR) is 89.0 cm³/mol. The van der Waals surface area contributed by atoms with Gasteiger partial charge in [-0.25, -0.2) is 9.97 Å². The lowest BCUT2D eigenvalue weighted by Gasteiger charge is -2.24. The van der Waals surface area contributed by atoms with Gasteiger partial charge in [0.25, 0.3) is 5.91 Å². The summed E-state index contributed by atoms with van der Waals surface area (Å²) in [7, 11) is 0. The lowest BCUT2D eigenvalue weighted by atomic mass is 9.95. The Kier molecular flexibility index (Phi) is 6.62. The van der Waals surface area contributed by atoms with Crippen LogP contribution in [0.1, 0.15) is 69.3 Å². The fraction of sp³-hybridized carbons (Fsp3) is 0.706. The average molecular weight is 304 g/mol. The summed E-state index contributed by atoms with van der Waals surface area (Å²) in [6.07, 6.45) is 9.66. The van der Waals surface area contributed by atoms with Crippen molar-refractivity contribution in [1.82, 2.24) is 14.9 Å². The monoisotopic (exact) mass is 304 g/mol. The minimum Gasteiger partial charge on any atom is -0.367 e. The molecule has 1 saturated carbocycles. The van der Waals surface area contributed by atoms with Crippen molar-refractivity contribution < 1.29 is 4.79 Å². The molecule has 0 aliphatic heterocycles. The van der Waals surface area contributed by atoms with Crippen molar-refractivity contribution in [3.8, 4) is 0 Å². The maximum Gasteiger partial charge on any atom is 0.272 e. The molecule has 122 valence electrons. The third kappa shape index (κ3) is 4.68. The summed E-state index contributed by atoms with van der Waals surface area (Å²) >= 11 is 0. The van der Waals surface area contributed by atoms with Gasteiger partial charge in [-0.1, -0.05) is 33.1 Å². The van der Waals surface area contributed by atoms with Gasteiger partial charge >= 0.3 is 0 Å². The Morgan fingerprint density at radius 2 is 1.86 bits per heavy atom. The Labute approximate surface area is 133 Å². The smallest absolute Gasteiger partial charge is 0.272 e. The number of hydrogen-bond acceptors (Lipinski definition) is 4. The number of nitrogens with one attached hydrogen (secondary N) is 1. The Bertz CT molecular complexity index is 465. The summed E-state index contributed by atoms with van der Waals surface area (Å²) in [5.74, 6) is 0.788. The predicted octanol–water partition coefficient (Wildman–Crippen LogP) is 3.48. The summed E-state index contributed by atoms with van der Waals surface area (Å²) < 4.78 is 0. The summed E-state index contributed by atoms with van der Waals surface area (Å²) in [6, 6.07) is 2.28. The number of carbonyl (C=O) groups is 1. The van der Waals surface area contributed by atoms with Crippen molar-refractivity contribution in [2.45, 2.75) is 64.8 Å². The second-order valence-corrected chi connectivity index (χ2v) is 6.06. The molecule has 0 saturated heterocycles. The van der Waals surface area contributed by atoms with Crippen LogP contribution >= 0.6 is 0 Å². The fourth-order valence-electron chi connectivity index (χ4n) is 3.03. The van der Waals surface area contributed by atoms with Crippen molar-refractivity contribution in [1.29, 1.82) is 0 Å². The van der Waals surface area contributed by atoms with Gasteiger partial charge in [-0.3, -0.25) is 4.79 Å². The standard InChI is InChI=1S/C17H28N4O/c1-3-10-21(11-4-2)17(22)15-12-16(19-13-18-15)20-14-8-6-5-7-9-14/h12-14H,3-11H2,1-2H3,(H,18,19,20). The number of rotatable bonds is 7. The molecule has 1 fully saturated rings. The van der Waals surface area contributed by atoms with Gasteiger partial charge in [0, 0.05) is 25.2 Å². The van der Waals surface area contributed by atoms with Gasteiger partial charge < -0.3 is 10.2 Å². The molecule has 0 radical (unpaired) electrons. The van der Waals surface area contributed by atoms with Crippen LogP contribution in [0.15, 0.2) is 12.4 Å². The molecular formula is C17H28N4O. The first-order valence-electron chi connectivity index (χ1n) is 8.62. The summed E-state index contributed by atoms with van der Waals surface area (Å²) in [5, 5.41) is 3.46. The number of aromatic nitrogens is 2. The normalized spacial score (nSPS) is 15.5. The van der Waals surface area contributed by atoms with E-state index in [-0.39, 0.29) is 5.91 Å². The molecule has 1 aromatic rings. The average Bonchev–Trinajstić information content (AvgIpc) is 2.55. The van der Waals surface area contributed by atoms with E-state index in [0.717, 1.165) is 31.7 Å². The highest BCUT2D eigenvalue weighted by molar-refractivity contribution is 5.92. The van der Waals surface area contributed by atoms with Crippen LogP contribution in [0, 0.1) is 0 Å². The molecule has 0 bridgehead atoms. The first kappa shape index (κ1) is 16.7. The van der Waals surface area contributed by atoms with Gasteiger partial charge in [-0.05, 0) is 25.7 Å². The Morgan fingerprint density at radius 3 is 2.50 bits per heavy atom. The first-order valence-corrected chi connectivity index (χ1v) is 8.62. The number of hydrogen-bond donors (Lipinski definition) is 1. The molecule has 1 N–H and O–H groups in total. The van der Waals surface area contributed by atoms with Crippen LogP contribution in [0.25, 0.3) is 0 Å². The summed E-state index contributed by atoms with van der Waals surface area (Å²) in [6.45, 7) is 5.74. The molecule has 0 aromatic carbocycles. The highest BCUT2D eigenvalue weighted by Crippen LogP contribution is 2.21. The minimum absolute atomic E-state index is 0.0118. The van der Waals surface area contributed by atoms with Gasteiger partial charge in [0.2, 0.25) is 0 Å². The molecule has 1 amide bonds. The zero-order valence-electron chi connectivity index (χ0n) is 13.8. The highest BCUT2D eigenvalue weighted by atomic mass is 16.2. The molecule has 1 heterocycles. The van der Waals surface area contributed by atoms with Gasteiger partial charge in [-0.15, -0.1) is 0 Å². The number of anilines is 1. The molecular weight excluding hydrogens is 276 g/mol. The lowest BCUT2D eigenvalue weighted by Crippen LogP contribution is -2.33. The second kappa shape index (κ2) is 8.71. The van der Waals surface area contributed by atoms with E-state index in [2.05, 4.69) is 29.1 Å². The molecule has 0 spiro atoms. The zero-order chi connectivity index (χ0) is 15.8. The topological polar surface area (TPSA) is 58.1 Å². The van der Waals surface area contributed by atoms with Gasteiger partial charge in [0.15, 0.2) is 0 Å². The number of nitrogens with zero attached hydrogens (tertiary/aromatic N) is 3. The first-order chi connectivity index (χ1) is 10.7. The van der Waals surface area contributed by atoms with Crippen LogP contribution in [0.2, 0.25) is 0 Å². The van der Waals surface area contributed by atoms with E-state index in [1.807, 2.05) is 4.90 Å². The summed E-state index contributed by atoms with van der Waals surface area (Å²) in [4.78, 5) is 22.9. The molecule has 0 atom stereocenters. The summed E-state index contributed by atoms with van der Waals surface area (Å²) in [5.41, 5.74) is 0.496. The van der Waals surface area contributed by atoms with Crippen molar-refractivity contribution in [3.63, 3.8) is 0 Å². The van der Waals surface area contributed by atoms with E-state index in [4.69, 9.17) is 0 Å². The van der Waals surface area contributed by atoms with Crippen molar-refractivity contribution in [3.05, 3.63) is 18.1 Å². The molecule has 0 unspecified atom stereocenters. The van der Waals surface area contributed by atoms with Crippen LogP contribution in [0.4, 0.5) is 5.82 Å². The number of amides is 1. The molecule has 22 heavy (non-hydrogen) atoms. The lowest BCUT2D eigenvalue weighted by molar-refractivity contribution is 0.0749. The van der Waals surface area contributed by atoms with Crippen molar-refractivity contribution in [2.24, 2.45) is 0 Å². The van der Waals surface area contributed by atoms with Crippen LogP contribution in [0.3, 0.4) is 0 Å². The third-order valence-corrected chi connectivity index (χ3v) is 4.12. The van der Waals surface area contributed by atoms with Gasteiger partial charge in [-0.2, -0.15) is 0 Å². The maximum atomic E-state index is 12.6. The maximum absolute atomic E-state index is 12.6. The second-order valence-electron chi connectivity index (χ2n) is 6.06. The Morgan fingerprint density at radius 1 is 1.18 bits per heavy atom. The Balaban J connectivity index is 2.04. The molecule has 1 aliphatic carbocycles. The largest absolute Gasteiger partial charge is 0.367 e. The fourth-order valence-corrected chi connectivity index (χ4v) is 3.03. The molecule has 5 heteroatoms. The third-order valence-electron chi connectivity index (χ3n) is 4.12. The SMILES string of the molecule is CCCN(CCC)C(=O)c1cc(NC2CCCCC2)ncn1. The molecule has 1 aliphatic rings. The van der Waals surface area contributed by atoms with Crippen molar-refractivity contribution >= 4 is 11.7 Å². The van der Waals surface area contributed by atoms with Crippen LogP contribution in [-0.2, 0) is 0 Å². The minimum atomic E-state index is 0.0118. The molecule has 2 rings (SSSR count).